The summed E-state index contributed by atoms with van der Waals surface area (Å²) in [6, 6.07) is 7.49. The molecule has 1 amide bonds. The van der Waals surface area contributed by atoms with Crippen molar-refractivity contribution in [1.82, 2.24) is 14.9 Å². The van der Waals surface area contributed by atoms with Crippen molar-refractivity contribution < 1.29 is 14.3 Å². The van der Waals surface area contributed by atoms with Gasteiger partial charge < -0.3 is 24.2 Å². The number of hydrogen-bond donors (Lipinski definition) is 0. The van der Waals surface area contributed by atoms with Crippen molar-refractivity contribution in [1.29, 1.82) is 0 Å². The van der Waals surface area contributed by atoms with E-state index in [1.165, 1.54) is 19.3 Å². The van der Waals surface area contributed by atoms with E-state index in [9.17, 15) is 4.79 Å². The number of benzene rings is 1. The number of aryl methyl sites for hydroxylation is 1. The van der Waals surface area contributed by atoms with Gasteiger partial charge in [-0.1, -0.05) is 0 Å². The summed E-state index contributed by atoms with van der Waals surface area (Å²) < 4.78 is 10.7. The van der Waals surface area contributed by atoms with E-state index in [-0.39, 0.29) is 12.7 Å². The van der Waals surface area contributed by atoms with Crippen molar-refractivity contribution in [2.75, 3.05) is 55.9 Å². The average molecular weight is 409 g/mol. The van der Waals surface area contributed by atoms with Gasteiger partial charge in [-0.05, 0) is 44.4 Å². The summed E-state index contributed by atoms with van der Waals surface area (Å²) in [5.41, 5.74) is 0.637. The number of nitrogens with zero attached hydrogens (tertiary/aromatic N) is 5. The van der Waals surface area contributed by atoms with Crippen LogP contribution in [0.4, 0.5) is 11.6 Å². The van der Waals surface area contributed by atoms with E-state index in [1.807, 2.05) is 11.8 Å². The Morgan fingerprint density at radius 1 is 0.833 bits per heavy atom. The number of piperazine rings is 1. The Morgan fingerprint density at radius 2 is 1.50 bits per heavy atom. The number of fused-ring (bicyclic) bond motifs is 1. The van der Waals surface area contributed by atoms with E-state index in [0.717, 1.165) is 43.6 Å². The zero-order chi connectivity index (χ0) is 20.5. The first-order valence-corrected chi connectivity index (χ1v) is 10.7. The summed E-state index contributed by atoms with van der Waals surface area (Å²) in [4.78, 5) is 28.8. The Labute approximate surface area is 176 Å². The lowest BCUT2D eigenvalue weighted by Crippen LogP contribution is -2.49. The first-order valence-electron chi connectivity index (χ1n) is 10.7. The van der Waals surface area contributed by atoms with E-state index in [0.29, 0.717) is 30.2 Å². The Kier molecular flexibility index (Phi) is 5.06. The number of carbonyl (C=O) groups excluding carboxylic acids is 1. The molecule has 0 aliphatic carbocycles. The second-order valence-corrected chi connectivity index (χ2v) is 8.03. The van der Waals surface area contributed by atoms with Crippen molar-refractivity contribution in [3.05, 3.63) is 35.7 Å². The molecular weight excluding hydrogens is 382 g/mol. The highest BCUT2D eigenvalue weighted by molar-refractivity contribution is 5.95. The molecule has 8 nitrogen and oxygen atoms in total. The maximum absolute atomic E-state index is 12.9. The van der Waals surface area contributed by atoms with Crippen LogP contribution in [0, 0.1) is 6.92 Å². The van der Waals surface area contributed by atoms with E-state index in [2.05, 4.69) is 25.8 Å². The molecule has 8 heteroatoms. The van der Waals surface area contributed by atoms with Gasteiger partial charge >= 0.3 is 0 Å². The fraction of sp³-hybridized carbons (Fsp3) is 0.500. The number of rotatable bonds is 3. The van der Waals surface area contributed by atoms with E-state index >= 15 is 0 Å². The highest BCUT2D eigenvalue weighted by Gasteiger charge is 2.25. The lowest BCUT2D eigenvalue weighted by molar-refractivity contribution is 0.0746. The fourth-order valence-corrected chi connectivity index (χ4v) is 4.33. The number of piperidine rings is 1. The highest BCUT2D eigenvalue weighted by Crippen LogP contribution is 2.33. The molecule has 0 bridgehead atoms. The number of amides is 1. The maximum Gasteiger partial charge on any atom is 0.254 e. The minimum Gasteiger partial charge on any atom is -0.454 e. The second-order valence-electron chi connectivity index (χ2n) is 8.03. The predicted octanol–water partition coefficient (Wildman–Crippen LogP) is 2.47. The minimum absolute atomic E-state index is 0.0285. The summed E-state index contributed by atoms with van der Waals surface area (Å²) >= 11 is 0. The monoisotopic (exact) mass is 409 g/mol. The van der Waals surface area contributed by atoms with Crippen LogP contribution in [0.1, 0.15) is 35.4 Å². The van der Waals surface area contributed by atoms with Crippen molar-refractivity contribution in [2.45, 2.75) is 26.2 Å². The van der Waals surface area contributed by atoms with Gasteiger partial charge in [-0.15, -0.1) is 0 Å². The molecule has 30 heavy (non-hydrogen) atoms. The van der Waals surface area contributed by atoms with Crippen LogP contribution in [0.3, 0.4) is 0 Å². The number of ether oxygens (including phenoxy) is 2. The van der Waals surface area contributed by atoms with Crippen molar-refractivity contribution in [3.63, 3.8) is 0 Å². The van der Waals surface area contributed by atoms with E-state index < -0.39 is 0 Å². The number of hydrogen-bond acceptors (Lipinski definition) is 7. The van der Waals surface area contributed by atoms with Crippen LogP contribution in [0.25, 0.3) is 0 Å². The summed E-state index contributed by atoms with van der Waals surface area (Å²) in [5.74, 6) is 4.14. The van der Waals surface area contributed by atoms with Gasteiger partial charge in [0.2, 0.25) is 6.79 Å². The Hall–Kier alpha value is -3.03. The number of anilines is 2. The molecule has 2 saturated heterocycles. The summed E-state index contributed by atoms with van der Waals surface area (Å²) in [6.45, 7) is 7.13. The lowest BCUT2D eigenvalue weighted by atomic mass is 10.1. The molecule has 0 spiro atoms. The highest BCUT2D eigenvalue weighted by atomic mass is 16.7. The zero-order valence-corrected chi connectivity index (χ0v) is 17.3. The molecule has 3 aliphatic heterocycles. The molecule has 158 valence electrons. The Morgan fingerprint density at radius 3 is 2.23 bits per heavy atom. The average Bonchev–Trinajstić information content (AvgIpc) is 3.27. The molecule has 2 fully saturated rings. The molecule has 1 aromatic carbocycles. The van der Waals surface area contributed by atoms with Crippen molar-refractivity contribution >= 4 is 17.5 Å². The molecular formula is C22H27N5O3. The smallest absolute Gasteiger partial charge is 0.254 e. The lowest BCUT2D eigenvalue weighted by Gasteiger charge is -2.36. The number of carbonyl (C=O) groups is 1. The van der Waals surface area contributed by atoms with E-state index in [1.54, 1.807) is 18.2 Å². The molecule has 0 radical (unpaired) electrons. The van der Waals surface area contributed by atoms with Crippen LogP contribution in [-0.4, -0.2) is 66.8 Å². The van der Waals surface area contributed by atoms with Gasteiger partial charge in [-0.25, -0.2) is 9.97 Å². The van der Waals surface area contributed by atoms with Crippen LogP contribution in [-0.2, 0) is 0 Å². The molecule has 3 aliphatic rings. The second kappa shape index (κ2) is 8.01. The van der Waals surface area contributed by atoms with Crippen LogP contribution >= 0.6 is 0 Å². The van der Waals surface area contributed by atoms with Crippen LogP contribution in [0.5, 0.6) is 11.5 Å². The van der Waals surface area contributed by atoms with Gasteiger partial charge in [0.1, 0.15) is 17.5 Å². The molecule has 4 heterocycles. The first-order chi connectivity index (χ1) is 14.7. The third-order valence-corrected chi connectivity index (χ3v) is 6.00. The molecule has 5 rings (SSSR count). The summed E-state index contributed by atoms with van der Waals surface area (Å²) in [6.07, 6.45) is 3.74. The first kappa shape index (κ1) is 19.0. The third-order valence-electron chi connectivity index (χ3n) is 6.00. The quantitative estimate of drug-likeness (QED) is 0.771. The van der Waals surface area contributed by atoms with Gasteiger partial charge in [0.25, 0.3) is 5.91 Å². The number of aromatic nitrogens is 2. The molecule has 0 atom stereocenters. The van der Waals surface area contributed by atoms with Crippen LogP contribution in [0.2, 0.25) is 0 Å². The zero-order valence-electron chi connectivity index (χ0n) is 17.3. The normalized spacial score (nSPS) is 18.6. The Bertz CT molecular complexity index is 936. The largest absolute Gasteiger partial charge is 0.454 e. The van der Waals surface area contributed by atoms with Gasteiger partial charge in [0.05, 0.1) is 0 Å². The van der Waals surface area contributed by atoms with Crippen LogP contribution < -0.4 is 19.3 Å². The maximum atomic E-state index is 12.9. The molecule has 2 aromatic rings. The molecule has 0 saturated carbocycles. The topological polar surface area (TPSA) is 71.0 Å². The Balaban J connectivity index is 1.25. The van der Waals surface area contributed by atoms with Gasteiger partial charge in [0, 0.05) is 50.9 Å². The predicted molar refractivity (Wildman–Crippen MR) is 114 cm³/mol. The molecule has 1 aromatic heterocycles. The summed E-state index contributed by atoms with van der Waals surface area (Å²) in [7, 11) is 0. The molecule has 0 N–H and O–H groups in total. The minimum atomic E-state index is 0.0285. The van der Waals surface area contributed by atoms with Crippen molar-refractivity contribution in [2.24, 2.45) is 0 Å². The van der Waals surface area contributed by atoms with Crippen LogP contribution in [0.15, 0.2) is 24.3 Å². The van der Waals surface area contributed by atoms with Gasteiger partial charge in [-0.2, -0.15) is 0 Å². The van der Waals surface area contributed by atoms with Gasteiger partial charge in [-0.3, -0.25) is 4.79 Å². The van der Waals surface area contributed by atoms with Gasteiger partial charge in [0.15, 0.2) is 11.5 Å². The van der Waals surface area contributed by atoms with E-state index in [4.69, 9.17) is 9.47 Å². The fourth-order valence-electron chi connectivity index (χ4n) is 4.33. The third kappa shape index (κ3) is 3.74. The summed E-state index contributed by atoms with van der Waals surface area (Å²) in [5, 5.41) is 0. The standard InChI is InChI=1S/C22H27N5O3/c1-16-23-20(25-7-3-2-4-8-25)14-21(24-16)26-9-11-27(12-10-26)22(28)17-5-6-18-19(13-17)30-15-29-18/h5-6,13-14H,2-4,7-12,15H2,1H3. The molecule has 0 unspecified atom stereocenters. The SMILES string of the molecule is Cc1nc(N2CCCCC2)cc(N2CCN(C(=O)c3ccc4c(c3)OCO4)CC2)n1. The van der Waals surface area contributed by atoms with Crippen molar-refractivity contribution in [3.8, 4) is 11.5 Å².